The van der Waals surface area contributed by atoms with E-state index in [1.807, 2.05) is 38.1 Å². The van der Waals surface area contributed by atoms with E-state index in [9.17, 15) is 0 Å². The Kier molecular flexibility index (Phi) is 4.14. The van der Waals surface area contributed by atoms with Crippen molar-refractivity contribution in [1.82, 2.24) is 5.32 Å². The van der Waals surface area contributed by atoms with Crippen LogP contribution in [0.2, 0.25) is 0 Å². The summed E-state index contributed by atoms with van der Waals surface area (Å²) in [7, 11) is 1.63. The Labute approximate surface area is 90.7 Å². The summed E-state index contributed by atoms with van der Waals surface area (Å²) in [4.78, 5) is 0. The number of methoxy groups -OCH3 is 1. The first-order chi connectivity index (χ1) is 7.17. The fourth-order valence-corrected chi connectivity index (χ4v) is 1.34. The molecule has 0 bridgehead atoms. The molecular weight excluding hydrogens is 188 g/mol. The molecule has 0 fully saturated rings. The van der Waals surface area contributed by atoms with Gasteiger partial charge in [-0.2, -0.15) is 5.26 Å². The van der Waals surface area contributed by atoms with Gasteiger partial charge in [-0.25, -0.2) is 0 Å². The van der Waals surface area contributed by atoms with Crippen molar-refractivity contribution in [3.05, 3.63) is 29.8 Å². The van der Waals surface area contributed by atoms with Crippen molar-refractivity contribution in [3.8, 4) is 11.8 Å². The summed E-state index contributed by atoms with van der Waals surface area (Å²) in [5.41, 5.74) is 0.965. The SMILES string of the molecule is COc1ccc(C(C#N)NC(C)C)cc1. The molecule has 0 saturated carbocycles. The van der Waals surface area contributed by atoms with E-state index >= 15 is 0 Å². The number of nitrogens with one attached hydrogen (secondary N) is 1. The van der Waals surface area contributed by atoms with Crippen LogP contribution >= 0.6 is 0 Å². The highest BCUT2D eigenvalue weighted by atomic mass is 16.5. The van der Waals surface area contributed by atoms with Crippen LogP contribution in [0.3, 0.4) is 0 Å². The van der Waals surface area contributed by atoms with Gasteiger partial charge < -0.3 is 4.74 Å². The molecule has 0 amide bonds. The number of benzene rings is 1. The topological polar surface area (TPSA) is 45.0 Å². The highest BCUT2D eigenvalue weighted by Crippen LogP contribution is 2.17. The Morgan fingerprint density at radius 1 is 1.27 bits per heavy atom. The zero-order valence-electron chi connectivity index (χ0n) is 9.32. The van der Waals surface area contributed by atoms with Crippen molar-refractivity contribution < 1.29 is 4.74 Å². The molecule has 1 atom stereocenters. The highest BCUT2D eigenvalue weighted by molar-refractivity contribution is 5.31. The van der Waals surface area contributed by atoms with Gasteiger partial charge in [-0.15, -0.1) is 0 Å². The molecule has 15 heavy (non-hydrogen) atoms. The number of hydrogen-bond acceptors (Lipinski definition) is 3. The molecule has 3 heteroatoms. The maximum Gasteiger partial charge on any atom is 0.121 e. The zero-order chi connectivity index (χ0) is 11.3. The first-order valence-corrected chi connectivity index (χ1v) is 4.97. The minimum Gasteiger partial charge on any atom is -0.497 e. The predicted octanol–water partition coefficient (Wildman–Crippen LogP) is 2.26. The van der Waals surface area contributed by atoms with E-state index in [0.717, 1.165) is 11.3 Å². The summed E-state index contributed by atoms with van der Waals surface area (Å²) in [6.45, 7) is 4.04. The van der Waals surface area contributed by atoms with E-state index in [1.54, 1.807) is 7.11 Å². The van der Waals surface area contributed by atoms with Crippen LogP contribution in [0, 0.1) is 11.3 Å². The van der Waals surface area contributed by atoms with E-state index in [4.69, 9.17) is 10.00 Å². The molecule has 0 radical (unpaired) electrons. The lowest BCUT2D eigenvalue weighted by Gasteiger charge is -2.14. The fourth-order valence-electron chi connectivity index (χ4n) is 1.34. The lowest BCUT2D eigenvalue weighted by atomic mass is 10.1. The molecule has 3 nitrogen and oxygen atoms in total. The van der Waals surface area contributed by atoms with E-state index in [0.29, 0.717) is 0 Å². The normalized spacial score (nSPS) is 12.2. The Hall–Kier alpha value is -1.53. The van der Waals surface area contributed by atoms with Gasteiger partial charge >= 0.3 is 0 Å². The van der Waals surface area contributed by atoms with E-state index in [1.165, 1.54) is 0 Å². The first-order valence-electron chi connectivity index (χ1n) is 4.97. The minimum absolute atomic E-state index is 0.254. The van der Waals surface area contributed by atoms with Crippen LogP contribution in [0.25, 0.3) is 0 Å². The third-order valence-corrected chi connectivity index (χ3v) is 2.08. The largest absolute Gasteiger partial charge is 0.497 e. The first kappa shape index (κ1) is 11.5. The molecule has 1 rings (SSSR count). The Bertz CT molecular complexity index is 338. The number of ether oxygens (including phenoxy) is 1. The van der Waals surface area contributed by atoms with E-state index < -0.39 is 0 Å². The van der Waals surface area contributed by atoms with Crippen molar-refractivity contribution in [1.29, 1.82) is 5.26 Å². The molecule has 0 saturated heterocycles. The summed E-state index contributed by atoms with van der Waals surface area (Å²) >= 11 is 0. The average molecular weight is 204 g/mol. The maximum atomic E-state index is 9.01. The molecular formula is C12H16N2O. The Balaban J connectivity index is 2.80. The van der Waals surface area contributed by atoms with Crippen LogP contribution in [0.5, 0.6) is 5.75 Å². The summed E-state index contributed by atoms with van der Waals surface area (Å²) in [5, 5.41) is 12.2. The summed E-state index contributed by atoms with van der Waals surface area (Å²) in [6.07, 6.45) is 0. The van der Waals surface area contributed by atoms with Gasteiger partial charge in [0.1, 0.15) is 11.8 Å². The van der Waals surface area contributed by atoms with Gasteiger partial charge in [0, 0.05) is 6.04 Å². The van der Waals surface area contributed by atoms with Crippen molar-refractivity contribution in [2.45, 2.75) is 25.9 Å². The molecule has 0 aliphatic rings. The van der Waals surface area contributed by atoms with Gasteiger partial charge in [-0.1, -0.05) is 12.1 Å². The second-order valence-electron chi connectivity index (χ2n) is 3.66. The van der Waals surface area contributed by atoms with Gasteiger partial charge in [0.15, 0.2) is 0 Å². The third-order valence-electron chi connectivity index (χ3n) is 2.08. The van der Waals surface area contributed by atoms with Crippen LogP contribution in [0.15, 0.2) is 24.3 Å². The van der Waals surface area contributed by atoms with Crippen LogP contribution in [0.4, 0.5) is 0 Å². The highest BCUT2D eigenvalue weighted by Gasteiger charge is 2.10. The third kappa shape index (κ3) is 3.26. The van der Waals surface area contributed by atoms with Crippen molar-refractivity contribution in [2.75, 3.05) is 7.11 Å². The average Bonchev–Trinajstić information content (AvgIpc) is 2.26. The van der Waals surface area contributed by atoms with Gasteiger partial charge in [-0.05, 0) is 31.5 Å². The molecule has 1 N–H and O–H groups in total. The van der Waals surface area contributed by atoms with Crippen LogP contribution in [0.1, 0.15) is 25.5 Å². The minimum atomic E-state index is -0.254. The molecule has 0 aromatic heterocycles. The summed E-state index contributed by atoms with van der Waals surface area (Å²) < 4.78 is 5.06. The zero-order valence-corrected chi connectivity index (χ0v) is 9.32. The Morgan fingerprint density at radius 2 is 1.87 bits per heavy atom. The molecule has 80 valence electrons. The van der Waals surface area contributed by atoms with Crippen LogP contribution < -0.4 is 10.1 Å². The maximum absolute atomic E-state index is 9.01. The molecule has 1 aromatic carbocycles. The Morgan fingerprint density at radius 3 is 2.27 bits per heavy atom. The number of nitrogens with zero attached hydrogens (tertiary/aromatic N) is 1. The van der Waals surface area contributed by atoms with Gasteiger partial charge in [0.2, 0.25) is 0 Å². The molecule has 0 spiro atoms. The number of nitriles is 1. The number of rotatable bonds is 4. The smallest absolute Gasteiger partial charge is 0.121 e. The standard InChI is InChI=1S/C12H16N2O/c1-9(2)14-12(8-13)10-4-6-11(15-3)7-5-10/h4-7,9,12,14H,1-3H3. The fraction of sp³-hybridized carbons (Fsp3) is 0.417. The van der Waals surface area contributed by atoms with Gasteiger partial charge in [0.05, 0.1) is 13.2 Å². The van der Waals surface area contributed by atoms with Crippen molar-refractivity contribution >= 4 is 0 Å². The summed E-state index contributed by atoms with van der Waals surface area (Å²) in [6, 6.07) is 9.81. The van der Waals surface area contributed by atoms with Crippen molar-refractivity contribution in [3.63, 3.8) is 0 Å². The van der Waals surface area contributed by atoms with E-state index in [-0.39, 0.29) is 12.1 Å². The molecule has 0 aliphatic heterocycles. The lowest BCUT2D eigenvalue weighted by molar-refractivity contribution is 0.414. The number of hydrogen-bond donors (Lipinski definition) is 1. The predicted molar refractivity (Wildman–Crippen MR) is 59.6 cm³/mol. The summed E-state index contributed by atoms with van der Waals surface area (Å²) in [5.74, 6) is 0.806. The second kappa shape index (κ2) is 5.38. The van der Waals surface area contributed by atoms with Crippen LogP contribution in [-0.4, -0.2) is 13.2 Å². The van der Waals surface area contributed by atoms with Gasteiger partial charge in [0.25, 0.3) is 0 Å². The molecule has 1 unspecified atom stereocenters. The quantitative estimate of drug-likeness (QED) is 0.818. The lowest BCUT2D eigenvalue weighted by Crippen LogP contribution is -2.27. The van der Waals surface area contributed by atoms with E-state index in [2.05, 4.69) is 11.4 Å². The van der Waals surface area contributed by atoms with Crippen LogP contribution in [-0.2, 0) is 0 Å². The molecule has 0 heterocycles. The molecule has 1 aromatic rings. The monoisotopic (exact) mass is 204 g/mol. The molecule has 0 aliphatic carbocycles. The second-order valence-corrected chi connectivity index (χ2v) is 3.66. The van der Waals surface area contributed by atoms with Gasteiger partial charge in [-0.3, -0.25) is 5.32 Å². The van der Waals surface area contributed by atoms with Crippen molar-refractivity contribution in [2.24, 2.45) is 0 Å².